The van der Waals surface area contributed by atoms with Gasteiger partial charge in [-0.2, -0.15) is 23.8 Å². The summed E-state index contributed by atoms with van der Waals surface area (Å²) in [4.78, 5) is 23.8. The largest absolute Gasteiger partial charge is 0.434 e. The van der Waals surface area contributed by atoms with Crippen molar-refractivity contribution in [3.63, 3.8) is 0 Å². The second kappa shape index (κ2) is 11.9. The molecular formula is C29H32F2N12O2. The van der Waals surface area contributed by atoms with E-state index < -0.39 is 12.5 Å². The molecule has 0 bridgehead atoms. The summed E-state index contributed by atoms with van der Waals surface area (Å²) < 4.78 is 34.9. The molecule has 5 aromatic rings. The van der Waals surface area contributed by atoms with Crippen molar-refractivity contribution in [2.45, 2.75) is 38.0 Å². The number of tetrazole rings is 1. The summed E-state index contributed by atoms with van der Waals surface area (Å²) in [6.45, 7) is 0.740. The number of hydrogen-bond acceptors (Lipinski definition) is 10. The van der Waals surface area contributed by atoms with Gasteiger partial charge in [0, 0.05) is 50.3 Å². The van der Waals surface area contributed by atoms with Gasteiger partial charge in [0.2, 0.25) is 0 Å². The number of nitrogens with one attached hydrogen (secondary N) is 1. The van der Waals surface area contributed by atoms with Gasteiger partial charge in [0.1, 0.15) is 23.6 Å². The van der Waals surface area contributed by atoms with Crippen LogP contribution in [0.3, 0.4) is 0 Å². The number of carbonyl (C=O) groups is 1. The summed E-state index contributed by atoms with van der Waals surface area (Å²) in [5.74, 6) is 0.253. The molecule has 1 amide bonds. The first-order valence-electron chi connectivity index (χ1n) is 14.7. The van der Waals surface area contributed by atoms with Crippen LogP contribution in [0.4, 0.5) is 14.5 Å². The fraction of sp³-hybridized carbons (Fsp3) is 0.414. The van der Waals surface area contributed by atoms with Crippen LogP contribution in [-0.2, 0) is 6.54 Å². The number of carbonyl (C=O) groups excluding carboxylic acids is 1. The van der Waals surface area contributed by atoms with Crippen LogP contribution in [0.5, 0.6) is 5.75 Å². The van der Waals surface area contributed by atoms with Gasteiger partial charge in [0.25, 0.3) is 5.91 Å². The van der Waals surface area contributed by atoms with Crippen LogP contribution in [-0.4, -0.2) is 107 Å². The molecule has 45 heavy (non-hydrogen) atoms. The minimum absolute atomic E-state index is 0.0410. The summed E-state index contributed by atoms with van der Waals surface area (Å²) in [6.07, 6.45) is 8.33. The number of fused-ring (bicyclic) bond motifs is 1. The van der Waals surface area contributed by atoms with Crippen LogP contribution in [0, 0.1) is 0 Å². The second-order valence-corrected chi connectivity index (χ2v) is 11.6. The summed E-state index contributed by atoms with van der Waals surface area (Å²) in [7, 11) is 4.10. The number of halogens is 2. The van der Waals surface area contributed by atoms with Crippen molar-refractivity contribution >= 4 is 17.2 Å². The molecule has 2 aliphatic rings. The number of rotatable bonds is 12. The number of alkyl halides is 2. The minimum Gasteiger partial charge on any atom is -0.434 e. The molecule has 1 aromatic carbocycles. The molecule has 2 fully saturated rings. The summed E-state index contributed by atoms with van der Waals surface area (Å²) in [5, 5.41) is 24.9. The molecular weight excluding hydrogens is 586 g/mol. The van der Waals surface area contributed by atoms with E-state index in [9.17, 15) is 13.6 Å². The number of hydrogen-bond donors (Lipinski definition) is 1. The van der Waals surface area contributed by atoms with Gasteiger partial charge in [-0.05, 0) is 61.8 Å². The Morgan fingerprint density at radius 3 is 2.82 bits per heavy atom. The Balaban J connectivity index is 1.18. The first kappa shape index (κ1) is 28.9. The third-order valence-electron chi connectivity index (χ3n) is 7.96. The third-order valence-corrected chi connectivity index (χ3v) is 7.96. The highest BCUT2D eigenvalue weighted by Gasteiger charge is 2.30. The molecule has 1 N–H and O–H groups in total. The van der Waals surface area contributed by atoms with E-state index >= 15 is 0 Å². The number of likely N-dealkylation sites (N-methyl/N-ethyl adjacent to an activating group) is 1. The van der Waals surface area contributed by atoms with E-state index in [1.165, 1.54) is 16.8 Å². The van der Waals surface area contributed by atoms with E-state index in [2.05, 4.69) is 40.6 Å². The number of amides is 1. The fourth-order valence-corrected chi connectivity index (χ4v) is 5.40. The summed E-state index contributed by atoms with van der Waals surface area (Å²) in [6, 6.07) is 6.97. The molecule has 1 saturated carbocycles. The van der Waals surface area contributed by atoms with Gasteiger partial charge < -0.3 is 15.0 Å². The maximum atomic E-state index is 13.5. The van der Waals surface area contributed by atoms with Crippen LogP contribution in [0.2, 0.25) is 0 Å². The topological polar surface area (TPSA) is 136 Å². The SMILES string of the molecule is CN(C)CCN1CC(n2nnc(Cn3cc(NC(=O)c4cnn5cccnc45)c(-c4cc(C5CC5)ccc4OC(F)F)n3)n2)C1. The smallest absolute Gasteiger partial charge is 0.387 e. The van der Waals surface area contributed by atoms with Crippen LogP contribution in [0.1, 0.15) is 46.5 Å². The highest BCUT2D eigenvalue weighted by atomic mass is 19.3. The average Bonchev–Trinajstić information content (AvgIpc) is 3.39. The third kappa shape index (κ3) is 6.23. The van der Waals surface area contributed by atoms with E-state index in [0.717, 1.165) is 44.6 Å². The maximum absolute atomic E-state index is 13.5. The van der Waals surface area contributed by atoms with Crippen molar-refractivity contribution in [3.05, 3.63) is 66.0 Å². The Hall–Kier alpha value is -4.83. The van der Waals surface area contributed by atoms with E-state index in [0.29, 0.717) is 28.6 Å². The van der Waals surface area contributed by atoms with Crippen LogP contribution >= 0.6 is 0 Å². The van der Waals surface area contributed by atoms with Crippen molar-refractivity contribution in [1.82, 2.24) is 54.4 Å². The summed E-state index contributed by atoms with van der Waals surface area (Å²) >= 11 is 0. The predicted octanol–water partition coefficient (Wildman–Crippen LogP) is 2.78. The van der Waals surface area contributed by atoms with Crippen LogP contribution < -0.4 is 10.1 Å². The van der Waals surface area contributed by atoms with Crippen molar-refractivity contribution < 1.29 is 18.3 Å². The van der Waals surface area contributed by atoms with Crippen LogP contribution in [0.25, 0.3) is 16.9 Å². The molecule has 1 aliphatic heterocycles. The lowest BCUT2D eigenvalue weighted by atomic mass is 10.0. The number of nitrogens with zero attached hydrogens (tertiary/aromatic N) is 11. The zero-order valence-corrected chi connectivity index (χ0v) is 24.8. The lowest BCUT2D eigenvalue weighted by Crippen LogP contribution is -2.50. The molecule has 0 unspecified atom stereocenters. The van der Waals surface area contributed by atoms with Gasteiger partial charge in [-0.25, -0.2) is 9.50 Å². The molecule has 7 rings (SSSR count). The molecule has 5 heterocycles. The molecule has 16 heteroatoms. The molecule has 1 saturated heterocycles. The average molecular weight is 619 g/mol. The monoisotopic (exact) mass is 618 g/mol. The quantitative estimate of drug-likeness (QED) is 0.222. The van der Waals surface area contributed by atoms with Crippen LogP contribution in [0.15, 0.2) is 49.1 Å². The Bertz CT molecular complexity index is 1820. The highest BCUT2D eigenvalue weighted by molar-refractivity contribution is 6.09. The lowest BCUT2D eigenvalue weighted by Gasteiger charge is -2.38. The van der Waals surface area contributed by atoms with E-state index in [1.54, 1.807) is 40.2 Å². The van der Waals surface area contributed by atoms with Crippen molar-refractivity contribution in [3.8, 4) is 17.0 Å². The molecule has 0 radical (unpaired) electrons. The standard InChI is InChI=1S/C29H32F2N12O2/c1-39(2)10-11-40-14-20(15-40)43-36-25(35-38-43)17-41-16-23(34-28(44)22-13-33-42-9-3-8-32-27(22)42)26(37-41)21-12-19(18-4-5-18)6-7-24(21)45-29(30)31/h3,6-9,12-13,16,18,20,29H,4-5,10-11,14-15,17H2,1-2H3,(H,34,44). The molecule has 234 valence electrons. The Morgan fingerprint density at radius 1 is 1.20 bits per heavy atom. The number of anilines is 1. The molecule has 0 spiro atoms. The first-order valence-corrected chi connectivity index (χ1v) is 14.7. The molecule has 1 aliphatic carbocycles. The van der Waals surface area contributed by atoms with Crippen molar-refractivity contribution in [2.75, 3.05) is 45.6 Å². The molecule has 0 atom stereocenters. The van der Waals surface area contributed by atoms with Gasteiger partial charge >= 0.3 is 6.61 Å². The van der Waals surface area contributed by atoms with Crippen molar-refractivity contribution in [1.29, 1.82) is 0 Å². The van der Waals surface area contributed by atoms with Gasteiger partial charge in [0.05, 0.1) is 17.9 Å². The molecule has 14 nitrogen and oxygen atoms in total. The summed E-state index contributed by atoms with van der Waals surface area (Å²) in [5.41, 5.74) is 2.53. The van der Waals surface area contributed by atoms with E-state index in [-0.39, 0.29) is 29.6 Å². The number of ether oxygens (including phenoxy) is 1. The zero-order chi connectivity index (χ0) is 31.1. The van der Waals surface area contributed by atoms with Gasteiger partial charge in [-0.15, -0.1) is 10.2 Å². The second-order valence-electron chi connectivity index (χ2n) is 11.6. The van der Waals surface area contributed by atoms with Gasteiger partial charge in [-0.1, -0.05) is 6.07 Å². The first-order chi connectivity index (χ1) is 21.8. The zero-order valence-electron chi connectivity index (χ0n) is 24.8. The Morgan fingerprint density at radius 2 is 2.04 bits per heavy atom. The van der Waals surface area contributed by atoms with E-state index in [1.807, 2.05) is 20.2 Å². The van der Waals surface area contributed by atoms with Gasteiger partial charge in [0.15, 0.2) is 11.5 Å². The highest BCUT2D eigenvalue weighted by Crippen LogP contribution is 2.44. The van der Waals surface area contributed by atoms with Gasteiger partial charge in [-0.3, -0.25) is 14.4 Å². The molecule has 4 aromatic heterocycles. The lowest BCUT2D eigenvalue weighted by molar-refractivity contribution is -0.0494. The Kier molecular flexibility index (Phi) is 7.66. The fourth-order valence-electron chi connectivity index (χ4n) is 5.40. The minimum atomic E-state index is -3.04. The number of benzene rings is 1. The van der Waals surface area contributed by atoms with Crippen molar-refractivity contribution in [2.24, 2.45) is 0 Å². The van der Waals surface area contributed by atoms with E-state index in [4.69, 9.17) is 9.84 Å². The number of likely N-dealkylation sites (tertiary alicyclic amines) is 1. The maximum Gasteiger partial charge on any atom is 0.387 e. The predicted molar refractivity (Wildman–Crippen MR) is 158 cm³/mol. The normalized spacial score (nSPS) is 15.7. The Labute approximate surface area is 256 Å². The number of aromatic nitrogens is 9.